The SMILES string of the molecule is CCC(C)C(C)(O)CNC(=O)CC(C)NC(=O)c1ccccc1. The van der Waals surface area contributed by atoms with Crippen molar-refractivity contribution in [2.75, 3.05) is 6.54 Å². The lowest BCUT2D eigenvalue weighted by molar-refractivity contribution is -0.123. The van der Waals surface area contributed by atoms with E-state index in [0.29, 0.717) is 5.56 Å². The topological polar surface area (TPSA) is 78.4 Å². The first kappa shape index (κ1) is 19.2. The summed E-state index contributed by atoms with van der Waals surface area (Å²) < 4.78 is 0. The van der Waals surface area contributed by atoms with Gasteiger partial charge in [-0.15, -0.1) is 0 Å². The zero-order valence-electron chi connectivity index (χ0n) is 14.4. The third-order valence-electron chi connectivity index (χ3n) is 4.22. The van der Waals surface area contributed by atoms with Gasteiger partial charge in [-0.3, -0.25) is 9.59 Å². The largest absolute Gasteiger partial charge is 0.388 e. The minimum Gasteiger partial charge on any atom is -0.388 e. The number of nitrogens with one attached hydrogen (secondary N) is 2. The van der Waals surface area contributed by atoms with Crippen LogP contribution in [0.2, 0.25) is 0 Å². The number of benzene rings is 1. The summed E-state index contributed by atoms with van der Waals surface area (Å²) in [5, 5.41) is 15.8. The van der Waals surface area contributed by atoms with Crippen LogP contribution in [0.4, 0.5) is 0 Å². The molecular formula is C18H28N2O3. The van der Waals surface area contributed by atoms with E-state index >= 15 is 0 Å². The fourth-order valence-corrected chi connectivity index (χ4v) is 2.19. The van der Waals surface area contributed by atoms with Gasteiger partial charge in [0.1, 0.15) is 0 Å². The molecule has 5 heteroatoms. The molecule has 3 unspecified atom stereocenters. The number of carbonyl (C=O) groups is 2. The molecule has 0 saturated heterocycles. The fraction of sp³-hybridized carbons (Fsp3) is 0.556. The number of hydrogen-bond acceptors (Lipinski definition) is 3. The molecule has 0 bridgehead atoms. The van der Waals surface area contributed by atoms with Gasteiger partial charge in [0.25, 0.3) is 5.91 Å². The molecule has 23 heavy (non-hydrogen) atoms. The molecule has 1 aromatic carbocycles. The van der Waals surface area contributed by atoms with Crippen LogP contribution in [0.3, 0.4) is 0 Å². The summed E-state index contributed by atoms with van der Waals surface area (Å²) >= 11 is 0. The van der Waals surface area contributed by atoms with Gasteiger partial charge in [-0.2, -0.15) is 0 Å². The van der Waals surface area contributed by atoms with Crippen LogP contribution in [-0.2, 0) is 4.79 Å². The Labute approximate surface area is 138 Å². The lowest BCUT2D eigenvalue weighted by Gasteiger charge is -2.30. The highest BCUT2D eigenvalue weighted by atomic mass is 16.3. The van der Waals surface area contributed by atoms with Crippen LogP contribution in [-0.4, -0.2) is 35.1 Å². The van der Waals surface area contributed by atoms with E-state index in [1.165, 1.54) is 0 Å². The summed E-state index contributed by atoms with van der Waals surface area (Å²) in [4.78, 5) is 24.0. The Kier molecular flexibility index (Phi) is 7.23. The van der Waals surface area contributed by atoms with Gasteiger partial charge in [-0.05, 0) is 31.9 Å². The Morgan fingerprint density at radius 3 is 2.39 bits per heavy atom. The van der Waals surface area contributed by atoms with Crippen LogP contribution in [0.25, 0.3) is 0 Å². The molecule has 3 N–H and O–H groups in total. The Hall–Kier alpha value is -1.88. The normalized spacial score (nSPS) is 16.0. The predicted molar refractivity (Wildman–Crippen MR) is 91.1 cm³/mol. The summed E-state index contributed by atoms with van der Waals surface area (Å²) in [6, 6.07) is 8.61. The van der Waals surface area contributed by atoms with Gasteiger partial charge in [0, 0.05) is 24.6 Å². The van der Waals surface area contributed by atoms with Gasteiger partial charge < -0.3 is 15.7 Å². The molecule has 0 fully saturated rings. The average Bonchev–Trinajstić information content (AvgIpc) is 2.52. The average molecular weight is 320 g/mol. The van der Waals surface area contributed by atoms with Gasteiger partial charge in [-0.25, -0.2) is 0 Å². The van der Waals surface area contributed by atoms with Crippen LogP contribution in [0.5, 0.6) is 0 Å². The van der Waals surface area contributed by atoms with E-state index in [9.17, 15) is 14.7 Å². The van der Waals surface area contributed by atoms with Crippen molar-refractivity contribution in [1.82, 2.24) is 10.6 Å². The number of aliphatic hydroxyl groups is 1. The number of hydrogen-bond donors (Lipinski definition) is 3. The van der Waals surface area contributed by atoms with E-state index in [0.717, 1.165) is 6.42 Å². The number of rotatable bonds is 8. The molecule has 0 aromatic heterocycles. The number of amides is 2. The molecule has 0 heterocycles. The van der Waals surface area contributed by atoms with Crippen molar-refractivity contribution in [1.29, 1.82) is 0 Å². The summed E-state index contributed by atoms with van der Waals surface area (Å²) in [6.45, 7) is 7.67. The monoisotopic (exact) mass is 320 g/mol. The minimum absolute atomic E-state index is 0.0954. The van der Waals surface area contributed by atoms with Crippen LogP contribution in [0.1, 0.15) is 50.9 Å². The molecule has 2 amide bonds. The molecule has 1 aromatic rings. The lowest BCUT2D eigenvalue weighted by Crippen LogP contribution is -2.46. The van der Waals surface area contributed by atoms with Gasteiger partial charge in [0.2, 0.25) is 5.91 Å². The van der Waals surface area contributed by atoms with Crippen LogP contribution < -0.4 is 10.6 Å². The summed E-state index contributed by atoms with van der Waals surface area (Å²) in [5.41, 5.74) is -0.361. The summed E-state index contributed by atoms with van der Waals surface area (Å²) in [6.07, 6.45) is 1.02. The van der Waals surface area contributed by atoms with Crippen molar-refractivity contribution in [3.63, 3.8) is 0 Å². The maximum Gasteiger partial charge on any atom is 0.251 e. The smallest absolute Gasteiger partial charge is 0.251 e. The summed E-state index contributed by atoms with van der Waals surface area (Å²) in [7, 11) is 0. The second-order valence-corrected chi connectivity index (χ2v) is 6.39. The Morgan fingerprint density at radius 1 is 1.22 bits per heavy atom. The minimum atomic E-state index is -0.930. The van der Waals surface area contributed by atoms with Gasteiger partial charge in [-0.1, -0.05) is 38.5 Å². The van der Waals surface area contributed by atoms with Crippen molar-refractivity contribution in [3.8, 4) is 0 Å². The van der Waals surface area contributed by atoms with E-state index in [4.69, 9.17) is 0 Å². The van der Waals surface area contributed by atoms with E-state index in [2.05, 4.69) is 10.6 Å². The first-order chi connectivity index (χ1) is 10.8. The Bertz CT molecular complexity index is 514. The molecule has 0 aliphatic carbocycles. The maximum atomic E-state index is 12.0. The molecule has 128 valence electrons. The standard InChI is InChI=1S/C18H28N2O3/c1-5-13(2)18(4,23)12-19-16(21)11-14(3)20-17(22)15-9-7-6-8-10-15/h6-10,13-14,23H,5,11-12H2,1-4H3,(H,19,21)(H,20,22). The van der Waals surface area contributed by atoms with E-state index in [1.54, 1.807) is 38.1 Å². The molecule has 0 spiro atoms. The molecular weight excluding hydrogens is 292 g/mol. The van der Waals surface area contributed by atoms with Crippen LogP contribution in [0, 0.1) is 5.92 Å². The lowest BCUT2D eigenvalue weighted by atomic mass is 9.88. The van der Waals surface area contributed by atoms with Gasteiger partial charge >= 0.3 is 0 Å². The Balaban J connectivity index is 2.41. The zero-order valence-corrected chi connectivity index (χ0v) is 14.4. The van der Waals surface area contributed by atoms with Crippen LogP contribution >= 0.6 is 0 Å². The quantitative estimate of drug-likeness (QED) is 0.686. The first-order valence-corrected chi connectivity index (χ1v) is 8.11. The zero-order chi connectivity index (χ0) is 17.5. The van der Waals surface area contributed by atoms with E-state index < -0.39 is 5.60 Å². The van der Waals surface area contributed by atoms with E-state index in [1.807, 2.05) is 19.9 Å². The molecule has 0 aliphatic rings. The fourth-order valence-electron chi connectivity index (χ4n) is 2.19. The van der Waals surface area contributed by atoms with Crippen molar-refractivity contribution in [3.05, 3.63) is 35.9 Å². The van der Waals surface area contributed by atoms with Crippen LogP contribution in [0.15, 0.2) is 30.3 Å². The highest BCUT2D eigenvalue weighted by Crippen LogP contribution is 2.18. The predicted octanol–water partition coefficient (Wildman–Crippen LogP) is 2.11. The molecule has 0 saturated carbocycles. The number of carbonyl (C=O) groups excluding carboxylic acids is 2. The van der Waals surface area contributed by atoms with Crippen molar-refractivity contribution in [2.24, 2.45) is 5.92 Å². The maximum absolute atomic E-state index is 12.0. The molecule has 5 nitrogen and oxygen atoms in total. The third kappa shape index (κ3) is 6.40. The molecule has 0 aliphatic heterocycles. The first-order valence-electron chi connectivity index (χ1n) is 8.11. The van der Waals surface area contributed by atoms with E-state index in [-0.39, 0.29) is 36.7 Å². The molecule has 1 rings (SSSR count). The highest BCUT2D eigenvalue weighted by molar-refractivity contribution is 5.94. The second kappa shape index (κ2) is 8.67. The third-order valence-corrected chi connectivity index (χ3v) is 4.22. The van der Waals surface area contributed by atoms with Crippen molar-refractivity contribution in [2.45, 2.75) is 52.2 Å². The second-order valence-electron chi connectivity index (χ2n) is 6.39. The van der Waals surface area contributed by atoms with Gasteiger partial charge in [0.15, 0.2) is 0 Å². The Morgan fingerprint density at radius 2 is 1.83 bits per heavy atom. The van der Waals surface area contributed by atoms with Gasteiger partial charge in [0.05, 0.1) is 5.60 Å². The molecule has 0 radical (unpaired) electrons. The van der Waals surface area contributed by atoms with Crippen molar-refractivity contribution < 1.29 is 14.7 Å². The summed E-state index contributed by atoms with van der Waals surface area (Å²) in [5.74, 6) is -0.287. The van der Waals surface area contributed by atoms with Crippen molar-refractivity contribution >= 4 is 11.8 Å². The molecule has 3 atom stereocenters. The highest BCUT2D eigenvalue weighted by Gasteiger charge is 2.27.